The lowest BCUT2D eigenvalue weighted by Gasteiger charge is -2.39. The molecule has 2 aromatic carbocycles. The maximum atomic E-state index is 13.8. The number of piperazine rings is 1. The van der Waals surface area contributed by atoms with Gasteiger partial charge in [0.1, 0.15) is 30.0 Å². The molecular formula is C40H45F4N9O5S. The van der Waals surface area contributed by atoms with Crippen molar-refractivity contribution in [1.29, 1.82) is 5.26 Å². The average molecular weight is 840 g/mol. The smallest absolute Gasteiger partial charge is 0.419 e. The molecule has 19 heteroatoms. The summed E-state index contributed by atoms with van der Waals surface area (Å²) in [5, 5.41) is 17.5. The molecule has 3 fully saturated rings. The number of alkyl halides is 4. The molecule has 0 aliphatic carbocycles. The Hall–Kier alpha value is -5.45. The topological polar surface area (TPSA) is 163 Å². The van der Waals surface area contributed by atoms with Crippen molar-refractivity contribution in [2.45, 2.75) is 69.3 Å². The molecule has 3 aromatic rings. The zero-order valence-electron chi connectivity index (χ0n) is 32.7. The number of carbonyl (C=O) groups excluding carboxylic acids is 4. The fraction of sp³-hybridized carbons (Fsp3) is 0.450. The second kappa shape index (κ2) is 17.8. The molecule has 14 nitrogen and oxygen atoms in total. The van der Waals surface area contributed by atoms with Crippen LogP contribution in [0.4, 0.5) is 40.3 Å². The average Bonchev–Trinajstić information content (AvgIpc) is 3.35. The van der Waals surface area contributed by atoms with Gasteiger partial charge in [-0.05, 0) is 75.2 Å². The summed E-state index contributed by atoms with van der Waals surface area (Å²) in [5.74, 6) is -0.959. The van der Waals surface area contributed by atoms with Gasteiger partial charge in [-0.2, -0.15) is 18.4 Å². The molecule has 3 aliphatic rings. The van der Waals surface area contributed by atoms with Gasteiger partial charge >= 0.3 is 6.18 Å². The number of nitriles is 1. The van der Waals surface area contributed by atoms with Gasteiger partial charge in [-0.1, -0.05) is 6.07 Å². The number of imide groups is 1. The van der Waals surface area contributed by atoms with Crippen LogP contribution in [-0.2, 0) is 31.8 Å². The number of amides is 4. The van der Waals surface area contributed by atoms with E-state index in [1.54, 1.807) is 61.2 Å². The van der Waals surface area contributed by atoms with Gasteiger partial charge in [0.15, 0.2) is 11.2 Å². The first-order valence-corrected chi connectivity index (χ1v) is 19.6. The molecule has 0 spiro atoms. The molecule has 3 saturated heterocycles. The van der Waals surface area contributed by atoms with E-state index in [1.165, 1.54) is 6.07 Å². The number of carbonyl (C=O) groups is 4. The molecule has 0 radical (unpaired) electrons. The Labute approximate surface area is 344 Å². The number of ether oxygens (including phenoxy) is 1. The molecule has 1 unspecified atom stereocenters. The summed E-state index contributed by atoms with van der Waals surface area (Å²) in [4.78, 5) is 61.0. The molecule has 3 aliphatic heterocycles. The van der Waals surface area contributed by atoms with Crippen molar-refractivity contribution in [3.05, 3.63) is 71.5 Å². The van der Waals surface area contributed by atoms with Crippen molar-refractivity contribution in [3.63, 3.8) is 0 Å². The van der Waals surface area contributed by atoms with E-state index in [1.807, 2.05) is 6.92 Å². The predicted molar refractivity (Wildman–Crippen MR) is 215 cm³/mol. The molecule has 6 rings (SSSR count). The number of aryl methyl sites for hydroxylation is 1. The molecule has 1 aromatic heterocycles. The van der Waals surface area contributed by atoms with Crippen LogP contribution in [0.15, 0.2) is 54.7 Å². The molecular weight excluding hydrogens is 795 g/mol. The summed E-state index contributed by atoms with van der Waals surface area (Å²) in [6.45, 7) is 7.59. The van der Waals surface area contributed by atoms with Gasteiger partial charge in [0, 0.05) is 62.1 Å². The first kappa shape index (κ1) is 43.1. The van der Waals surface area contributed by atoms with Crippen LogP contribution in [0.5, 0.6) is 5.75 Å². The highest BCUT2D eigenvalue weighted by Gasteiger charge is 2.52. The number of pyridine rings is 1. The Bertz CT molecular complexity index is 2130. The number of halogens is 4. The Kier molecular flexibility index (Phi) is 13.0. The number of hydrogen-bond donors (Lipinski definition) is 4. The first-order valence-electron chi connectivity index (χ1n) is 19.1. The summed E-state index contributed by atoms with van der Waals surface area (Å²) in [6.07, 6.45) is -3.20. The predicted octanol–water partition coefficient (Wildman–Crippen LogP) is 4.57. The number of nitrogens with zero attached hydrogens (tertiary/aromatic N) is 6. The van der Waals surface area contributed by atoms with Crippen LogP contribution < -0.4 is 30.5 Å². The Morgan fingerprint density at radius 2 is 1.86 bits per heavy atom. The summed E-state index contributed by atoms with van der Waals surface area (Å²) in [6, 6.07) is 13.8. The fourth-order valence-electron chi connectivity index (χ4n) is 7.56. The third-order valence-corrected chi connectivity index (χ3v) is 11.1. The van der Waals surface area contributed by atoms with Crippen molar-refractivity contribution >= 4 is 59.0 Å². The number of hydrogen-bond acceptors (Lipinski definition) is 12. The van der Waals surface area contributed by atoms with E-state index >= 15 is 0 Å². The number of piperidine rings is 1. The minimum Gasteiger partial charge on any atom is -0.492 e. The van der Waals surface area contributed by atoms with E-state index in [9.17, 15) is 42.0 Å². The number of thiol groups is 1. The summed E-state index contributed by atoms with van der Waals surface area (Å²) >= 11 is 4.64. The van der Waals surface area contributed by atoms with E-state index in [4.69, 9.17) is 4.74 Å². The van der Waals surface area contributed by atoms with Gasteiger partial charge in [-0.25, -0.2) is 4.98 Å². The van der Waals surface area contributed by atoms with Gasteiger partial charge in [-0.15, -0.1) is 12.6 Å². The van der Waals surface area contributed by atoms with Crippen molar-refractivity contribution in [3.8, 4) is 11.8 Å². The Morgan fingerprint density at radius 1 is 1.10 bits per heavy atom. The second-order valence-corrected chi connectivity index (χ2v) is 15.6. The van der Waals surface area contributed by atoms with Crippen LogP contribution in [0.3, 0.4) is 0 Å². The minimum absolute atomic E-state index is 0.0131. The summed E-state index contributed by atoms with van der Waals surface area (Å²) in [7, 11) is 0. The lowest BCUT2D eigenvalue weighted by atomic mass is 10.0. The van der Waals surface area contributed by atoms with Crippen LogP contribution in [0.2, 0.25) is 0 Å². The van der Waals surface area contributed by atoms with Crippen LogP contribution >= 0.6 is 12.6 Å². The Balaban J connectivity index is 1.03. The van der Waals surface area contributed by atoms with Gasteiger partial charge in [0.05, 0.1) is 30.7 Å². The van der Waals surface area contributed by atoms with Crippen LogP contribution in [0.25, 0.3) is 0 Å². The van der Waals surface area contributed by atoms with Gasteiger partial charge in [0.2, 0.25) is 17.7 Å². The molecule has 4 heterocycles. The van der Waals surface area contributed by atoms with E-state index in [2.05, 4.69) is 43.4 Å². The van der Waals surface area contributed by atoms with E-state index in [0.29, 0.717) is 73.6 Å². The minimum atomic E-state index is -4.88. The normalized spacial score (nSPS) is 21.3. The highest BCUT2D eigenvalue weighted by atomic mass is 32.1. The van der Waals surface area contributed by atoms with Gasteiger partial charge < -0.3 is 20.3 Å². The SMILES string of the molecule is C[C@@H]1CN(CCOc2ccc(N3[C@@H](S)N(c4cnc(C#N)c(C(F)(F)F)c4)C(=O)C3(C)C)cc2CCF)CCN1CC(=O)Nc1cccc(NC2CCC(=O)NC2=O)c1. The van der Waals surface area contributed by atoms with Crippen molar-refractivity contribution in [2.75, 3.05) is 66.4 Å². The maximum Gasteiger partial charge on any atom is 0.419 e. The lowest BCUT2D eigenvalue weighted by Crippen LogP contribution is -2.54. The molecule has 0 bridgehead atoms. The van der Waals surface area contributed by atoms with Crippen LogP contribution in [0, 0.1) is 11.3 Å². The lowest BCUT2D eigenvalue weighted by molar-refractivity contribution is -0.138. The van der Waals surface area contributed by atoms with Gasteiger partial charge in [-0.3, -0.25) is 43.6 Å². The molecule has 314 valence electrons. The summed E-state index contributed by atoms with van der Waals surface area (Å²) in [5.41, 5.74) is -2.37. The largest absolute Gasteiger partial charge is 0.492 e. The fourth-order valence-corrected chi connectivity index (χ4v) is 8.22. The van der Waals surface area contributed by atoms with Crippen molar-refractivity contribution < 1.29 is 41.5 Å². The number of aromatic nitrogens is 1. The van der Waals surface area contributed by atoms with E-state index in [-0.39, 0.29) is 48.8 Å². The zero-order chi connectivity index (χ0) is 42.6. The number of rotatable bonds is 13. The molecule has 3 atom stereocenters. The monoisotopic (exact) mass is 839 g/mol. The van der Waals surface area contributed by atoms with E-state index < -0.39 is 47.1 Å². The number of nitrogens with one attached hydrogen (secondary N) is 3. The quantitative estimate of drug-likeness (QED) is 0.108. The highest BCUT2D eigenvalue weighted by Crippen LogP contribution is 2.43. The maximum absolute atomic E-state index is 13.8. The standard InChI is InChI=1S/C40H45F4N9O5S/c1-24-22-50(13-14-51(24)23-35(55)48-27-6-4-5-26(18-27)47-31-8-10-34(54)49-36(31)56)15-16-58-33-9-7-28(17-25(33)11-12-41)53-38(59)52(37(57)39(53,2)3)29-19-30(40(42,43)44)32(20-45)46-21-29/h4-7,9,17-19,21,24,31,38,47,59H,8,10-16,22-23H2,1-3H3,(H,48,55)(H,49,54,56)/t24-,31?,38+/m1/s1. The van der Waals surface area contributed by atoms with Crippen molar-refractivity contribution in [2.24, 2.45) is 0 Å². The Morgan fingerprint density at radius 3 is 2.56 bits per heavy atom. The number of anilines is 4. The second-order valence-electron chi connectivity index (χ2n) is 15.1. The van der Waals surface area contributed by atoms with E-state index in [0.717, 1.165) is 11.1 Å². The summed E-state index contributed by atoms with van der Waals surface area (Å²) < 4.78 is 61.2. The molecule has 59 heavy (non-hydrogen) atoms. The molecule has 0 saturated carbocycles. The van der Waals surface area contributed by atoms with Crippen LogP contribution in [0.1, 0.15) is 50.4 Å². The van der Waals surface area contributed by atoms with Crippen molar-refractivity contribution in [1.82, 2.24) is 20.1 Å². The van der Waals surface area contributed by atoms with Crippen LogP contribution in [-0.4, -0.2) is 108 Å². The third kappa shape index (κ3) is 9.72. The number of benzene rings is 2. The first-order chi connectivity index (χ1) is 28.0. The van der Waals surface area contributed by atoms with Gasteiger partial charge in [0.25, 0.3) is 5.91 Å². The zero-order valence-corrected chi connectivity index (χ0v) is 33.6. The highest BCUT2D eigenvalue weighted by molar-refractivity contribution is 7.81. The molecule has 3 N–H and O–H groups in total. The third-order valence-electron chi connectivity index (χ3n) is 10.6. The molecule has 4 amide bonds.